The van der Waals surface area contributed by atoms with Crippen molar-refractivity contribution in [2.24, 2.45) is 0 Å². The van der Waals surface area contributed by atoms with Gasteiger partial charge in [-0.25, -0.2) is 0 Å². The molecule has 0 N–H and O–H groups in total. The van der Waals surface area contributed by atoms with Crippen LogP contribution < -0.4 is 0 Å². The highest BCUT2D eigenvalue weighted by molar-refractivity contribution is 5.99. The van der Waals surface area contributed by atoms with Gasteiger partial charge < -0.3 is 0 Å². The molecule has 0 atom stereocenters. The number of Topliss-reactive ketones (excluding diaryl/α,β-unsaturated/α-hetero) is 1. The lowest BCUT2D eigenvalue weighted by molar-refractivity contribution is -0.114. The molecule has 2 nitrogen and oxygen atoms in total. The first-order valence-electron chi connectivity index (χ1n) is 3.45. The second kappa shape index (κ2) is 5.43. The van der Waals surface area contributed by atoms with E-state index < -0.39 is 0 Å². The molecule has 0 bridgehead atoms. The van der Waals surface area contributed by atoms with Crippen molar-refractivity contribution >= 4 is 5.78 Å². The Hall–Kier alpha value is -1.36. The van der Waals surface area contributed by atoms with Gasteiger partial charge in [0.25, 0.3) is 0 Å². The van der Waals surface area contributed by atoms with Crippen LogP contribution in [-0.4, -0.2) is 5.78 Å². The van der Waals surface area contributed by atoms with Crippen molar-refractivity contribution in [1.82, 2.24) is 0 Å². The minimum atomic E-state index is -0.117. The third-order valence-electron chi connectivity index (χ3n) is 1.22. The van der Waals surface area contributed by atoms with Crippen LogP contribution in [0.2, 0.25) is 0 Å². The van der Waals surface area contributed by atoms with Crippen LogP contribution in [0.25, 0.3) is 0 Å². The molecule has 0 aromatic heterocycles. The molecule has 0 rings (SSSR count). The van der Waals surface area contributed by atoms with Gasteiger partial charge in [0.05, 0.1) is 12.5 Å². The number of hydrogen-bond acceptors (Lipinski definition) is 2. The number of carbonyl (C=O) groups excluding carboxylic acids is 1. The molecular weight excluding hydrogens is 138 g/mol. The predicted molar refractivity (Wildman–Crippen MR) is 43.8 cm³/mol. The highest BCUT2D eigenvalue weighted by atomic mass is 16.1. The average Bonchev–Trinajstić information content (AvgIpc) is 2.00. The van der Waals surface area contributed by atoms with E-state index in [-0.39, 0.29) is 12.2 Å². The quantitative estimate of drug-likeness (QED) is 0.454. The Morgan fingerprint density at radius 1 is 1.55 bits per heavy atom. The Morgan fingerprint density at radius 3 is 2.55 bits per heavy atom. The summed E-state index contributed by atoms with van der Waals surface area (Å²) in [4.78, 5) is 11.0. The van der Waals surface area contributed by atoms with Gasteiger partial charge in [-0.3, -0.25) is 4.79 Å². The Kier molecular flexibility index (Phi) is 4.76. The van der Waals surface area contributed by atoms with Crippen molar-refractivity contribution in [3.05, 3.63) is 23.8 Å². The summed E-state index contributed by atoms with van der Waals surface area (Å²) in [5, 5.41) is 8.23. The number of nitriles is 1. The van der Waals surface area contributed by atoms with Crippen LogP contribution in [0.1, 0.15) is 20.3 Å². The molecule has 2 heteroatoms. The third-order valence-corrected chi connectivity index (χ3v) is 1.22. The SMILES string of the molecule is C/C=C\C(=C/C)C(=O)CC#N. The first-order valence-corrected chi connectivity index (χ1v) is 3.45. The van der Waals surface area contributed by atoms with E-state index in [2.05, 4.69) is 0 Å². The number of rotatable bonds is 3. The molecule has 0 aliphatic carbocycles. The van der Waals surface area contributed by atoms with Crippen LogP contribution in [0, 0.1) is 11.3 Å². The van der Waals surface area contributed by atoms with Gasteiger partial charge in [-0.15, -0.1) is 0 Å². The van der Waals surface area contributed by atoms with Crippen molar-refractivity contribution in [1.29, 1.82) is 5.26 Å². The van der Waals surface area contributed by atoms with Gasteiger partial charge in [0.15, 0.2) is 5.78 Å². The minimum absolute atomic E-state index is 0.0377. The normalized spacial score (nSPS) is 11.5. The van der Waals surface area contributed by atoms with E-state index in [1.54, 1.807) is 25.2 Å². The van der Waals surface area contributed by atoms with E-state index in [0.29, 0.717) is 5.57 Å². The van der Waals surface area contributed by atoms with Crippen molar-refractivity contribution in [2.75, 3.05) is 0 Å². The van der Waals surface area contributed by atoms with Crippen molar-refractivity contribution in [3.8, 4) is 6.07 Å². The van der Waals surface area contributed by atoms with Gasteiger partial charge in [0.2, 0.25) is 0 Å². The summed E-state index contributed by atoms with van der Waals surface area (Å²) < 4.78 is 0. The van der Waals surface area contributed by atoms with Crippen LogP contribution in [0.4, 0.5) is 0 Å². The lowest BCUT2D eigenvalue weighted by atomic mass is 10.1. The third kappa shape index (κ3) is 3.36. The molecule has 0 amide bonds. The molecule has 0 unspecified atom stereocenters. The van der Waals surface area contributed by atoms with Gasteiger partial charge in [0, 0.05) is 5.57 Å². The average molecular weight is 149 g/mol. The smallest absolute Gasteiger partial charge is 0.176 e. The van der Waals surface area contributed by atoms with Crippen molar-refractivity contribution in [3.63, 3.8) is 0 Å². The molecule has 0 saturated heterocycles. The second-order valence-electron chi connectivity index (χ2n) is 2.00. The van der Waals surface area contributed by atoms with Crippen LogP contribution in [0.3, 0.4) is 0 Å². The summed E-state index contributed by atoms with van der Waals surface area (Å²) in [6.45, 7) is 3.62. The van der Waals surface area contributed by atoms with E-state index in [0.717, 1.165) is 0 Å². The number of allylic oxidation sites excluding steroid dienone is 4. The van der Waals surface area contributed by atoms with Crippen molar-refractivity contribution in [2.45, 2.75) is 20.3 Å². The number of nitrogens with zero attached hydrogens (tertiary/aromatic N) is 1. The highest BCUT2D eigenvalue weighted by Crippen LogP contribution is 2.01. The standard InChI is InChI=1S/C9H11NO/c1-3-5-8(4-2)9(11)6-7-10/h3-5H,6H2,1-2H3/b5-3-,8-4+. The van der Waals surface area contributed by atoms with Gasteiger partial charge in [-0.1, -0.05) is 18.2 Å². The summed E-state index contributed by atoms with van der Waals surface area (Å²) in [6.07, 6.45) is 5.16. The molecule has 11 heavy (non-hydrogen) atoms. The van der Waals surface area contributed by atoms with E-state index in [9.17, 15) is 4.79 Å². The summed E-state index contributed by atoms with van der Waals surface area (Å²) in [5.41, 5.74) is 0.606. The second-order valence-corrected chi connectivity index (χ2v) is 2.00. The Bertz CT molecular complexity index is 230. The van der Waals surface area contributed by atoms with Crippen LogP contribution in [-0.2, 0) is 4.79 Å². The van der Waals surface area contributed by atoms with Gasteiger partial charge in [-0.05, 0) is 13.8 Å². The fraction of sp³-hybridized carbons (Fsp3) is 0.333. The zero-order valence-corrected chi connectivity index (χ0v) is 6.79. The van der Waals surface area contributed by atoms with Crippen molar-refractivity contribution < 1.29 is 4.79 Å². The Balaban J connectivity index is 4.31. The summed E-state index contributed by atoms with van der Waals surface area (Å²) in [7, 11) is 0. The lowest BCUT2D eigenvalue weighted by Crippen LogP contribution is -1.97. The Labute approximate surface area is 66.8 Å². The fourth-order valence-electron chi connectivity index (χ4n) is 0.704. The maximum atomic E-state index is 11.0. The van der Waals surface area contributed by atoms with E-state index in [1.807, 2.05) is 13.0 Å². The summed E-state index contributed by atoms with van der Waals surface area (Å²) in [5.74, 6) is -0.117. The Morgan fingerprint density at radius 2 is 2.18 bits per heavy atom. The van der Waals surface area contributed by atoms with Crippen LogP contribution in [0.5, 0.6) is 0 Å². The fourth-order valence-corrected chi connectivity index (χ4v) is 0.704. The first-order chi connectivity index (χ1) is 5.26. The lowest BCUT2D eigenvalue weighted by Gasteiger charge is -1.93. The molecular formula is C9H11NO. The molecule has 0 fully saturated rings. The monoisotopic (exact) mass is 149 g/mol. The molecule has 0 radical (unpaired) electrons. The molecule has 0 aromatic rings. The largest absolute Gasteiger partial charge is 0.293 e. The maximum absolute atomic E-state index is 11.0. The number of hydrogen-bond donors (Lipinski definition) is 0. The van der Waals surface area contributed by atoms with Gasteiger partial charge in [0.1, 0.15) is 0 Å². The molecule has 0 aliphatic heterocycles. The zero-order chi connectivity index (χ0) is 8.69. The zero-order valence-electron chi connectivity index (χ0n) is 6.79. The molecule has 0 aromatic carbocycles. The molecule has 0 spiro atoms. The van der Waals surface area contributed by atoms with E-state index in [1.165, 1.54) is 0 Å². The molecule has 0 saturated carbocycles. The van der Waals surface area contributed by atoms with E-state index >= 15 is 0 Å². The molecule has 58 valence electrons. The van der Waals surface area contributed by atoms with Crippen LogP contribution in [0.15, 0.2) is 23.8 Å². The summed E-state index contributed by atoms with van der Waals surface area (Å²) >= 11 is 0. The first kappa shape index (κ1) is 9.64. The maximum Gasteiger partial charge on any atom is 0.176 e. The number of ketones is 1. The molecule has 0 heterocycles. The summed E-state index contributed by atoms with van der Waals surface area (Å²) in [6, 6.07) is 1.82. The minimum Gasteiger partial charge on any atom is -0.293 e. The van der Waals surface area contributed by atoms with E-state index in [4.69, 9.17) is 5.26 Å². The van der Waals surface area contributed by atoms with Crippen LogP contribution >= 0.6 is 0 Å². The molecule has 0 aliphatic rings. The predicted octanol–water partition coefficient (Wildman–Crippen LogP) is 1.99. The van der Waals surface area contributed by atoms with Gasteiger partial charge >= 0.3 is 0 Å². The topological polar surface area (TPSA) is 40.9 Å². The van der Waals surface area contributed by atoms with Gasteiger partial charge in [-0.2, -0.15) is 5.26 Å². The number of carbonyl (C=O) groups is 1. The highest BCUT2D eigenvalue weighted by Gasteiger charge is 2.02.